The lowest BCUT2D eigenvalue weighted by Crippen LogP contribution is -2.37. The van der Waals surface area contributed by atoms with E-state index in [9.17, 15) is 0 Å². The molecule has 0 aliphatic heterocycles. The number of hydrogen-bond donors (Lipinski definition) is 0. The summed E-state index contributed by atoms with van der Waals surface area (Å²) >= 11 is 0. The van der Waals surface area contributed by atoms with Gasteiger partial charge in [0.2, 0.25) is 0 Å². The van der Waals surface area contributed by atoms with Crippen LogP contribution in [0.2, 0.25) is 23.7 Å². The van der Waals surface area contributed by atoms with Gasteiger partial charge in [0, 0.05) is 0 Å². The Bertz CT molecular complexity index is 197. The minimum Gasteiger partial charge on any atom is -0.103 e. The van der Waals surface area contributed by atoms with Crippen LogP contribution in [-0.4, -0.2) is 8.07 Å². The van der Waals surface area contributed by atoms with E-state index in [2.05, 4.69) is 38.0 Å². The van der Waals surface area contributed by atoms with Gasteiger partial charge in [-0.1, -0.05) is 43.9 Å². The first-order chi connectivity index (χ1) is 7.29. The molecule has 0 unspecified atom stereocenters. The zero-order valence-corrected chi connectivity index (χ0v) is 10.9. The van der Waals surface area contributed by atoms with Crippen molar-refractivity contribution in [2.75, 3.05) is 0 Å². The molecule has 1 rings (SSSR count). The van der Waals surface area contributed by atoms with Crippen molar-refractivity contribution >= 4 is 8.07 Å². The molecule has 84 valence electrons. The third-order valence-electron chi connectivity index (χ3n) is 3.87. The molecule has 0 N–H and O–H groups in total. The lowest BCUT2D eigenvalue weighted by Gasteiger charge is -2.35. The Morgan fingerprint density at radius 2 is 1.27 bits per heavy atom. The smallest absolute Gasteiger partial charge is 0.0679 e. The molecule has 1 aliphatic rings. The molecular weight excluding hydrogens is 196 g/mol. The Morgan fingerprint density at radius 1 is 0.867 bits per heavy atom. The third-order valence-corrected chi connectivity index (χ3v) is 9.49. The normalized spacial score (nSPS) is 17.6. The fourth-order valence-electron chi connectivity index (χ4n) is 3.15. The summed E-state index contributed by atoms with van der Waals surface area (Å²) in [6, 6.07) is 3.74. The molecule has 1 fully saturated rings. The fraction of sp³-hybridized carbons (Fsp3) is 0.571. The summed E-state index contributed by atoms with van der Waals surface area (Å²) in [7, 11) is -1.22. The minimum absolute atomic E-state index is 0.992. The first-order valence-electron chi connectivity index (χ1n) is 6.12. The molecule has 15 heavy (non-hydrogen) atoms. The molecule has 0 amide bonds. The summed E-state index contributed by atoms with van der Waals surface area (Å²) in [5.74, 6) is 0. The summed E-state index contributed by atoms with van der Waals surface area (Å²) in [6.07, 6.45) is 12.2. The largest absolute Gasteiger partial charge is 0.103 e. The van der Waals surface area contributed by atoms with Crippen LogP contribution in [0, 0.1) is 0 Å². The molecule has 0 aromatic heterocycles. The Hall–Kier alpha value is -0.563. The molecule has 1 heteroatoms. The molecular formula is C14H24Si. The van der Waals surface area contributed by atoms with E-state index >= 15 is 0 Å². The molecule has 1 saturated carbocycles. The Balaban J connectivity index is 2.81. The van der Waals surface area contributed by atoms with E-state index in [0.717, 1.165) is 5.54 Å². The van der Waals surface area contributed by atoms with Crippen molar-refractivity contribution in [3.63, 3.8) is 0 Å². The van der Waals surface area contributed by atoms with E-state index in [4.69, 9.17) is 0 Å². The fourth-order valence-corrected chi connectivity index (χ4v) is 8.01. The van der Waals surface area contributed by atoms with Gasteiger partial charge in [-0.3, -0.25) is 0 Å². The average Bonchev–Trinajstić information content (AvgIpc) is 2.72. The van der Waals surface area contributed by atoms with Crippen LogP contribution >= 0.6 is 0 Å². The number of allylic oxidation sites excluding steroid dienone is 3. The van der Waals surface area contributed by atoms with Gasteiger partial charge >= 0.3 is 0 Å². The van der Waals surface area contributed by atoms with Crippen molar-refractivity contribution in [2.24, 2.45) is 0 Å². The van der Waals surface area contributed by atoms with Crippen molar-refractivity contribution < 1.29 is 0 Å². The van der Waals surface area contributed by atoms with Crippen LogP contribution in [-0.2, 0) is 0 Å². The standard InChI is InChI=1S/C14H24Si/c1-4-11-15(12-5-2,13-6-3)14-9-7-8-10-14/h4-6,14H,1-3,7-13H2. The summed E-state index contributed by atoms with van der Waals surface area (Å²) in [5.41, 5.74) is 0.992. The van der Waals surface area contributed by atoms with Gasteiger partial charge in [0.05, 0.1) is 8.07 Å². The van der Waals surface area contributed by atoms with Crippen molar-refractivity contribution in [3.8, 4) is 0 Å². The zero-order chi connectivity index (χ0) is 11.1. The Kier molecular flexibility index (Phi) is 5.10. The summed E-state index contributed by atoms with van der Waals surface area (Å²) < 4.78 is 0. The lowest BCUT2D eigenvalue weighted by molar-refractivity contribution is 0.822. The van der Waals surface area contributed by atoms with Gasteiger partial charge < -0.3 is 0 Å². The molecule has 0 atom stereocenters. The molecule has 0 aromatic rings. The van der Waals surface area contributed by atoms with E-state index in [1.807, 2.05) is 0 Å². The summed E-state index contributed by atoms with van der Waals surface area (Å²) in [6.45, 7) is 11.8. The topological polar surface area (TPSA) is 0 Å². The van der Waals surface area contributed by atoms with E-state index in [1.165, 1.54) is 43.8 Å². The van der Waals surface area contributed by atoms with Crippen molar-refractivity contribution in [2.45, 2.75) is 49.4 Å². The molecule has 1 aliphatic carbocycles. The van der Waals surface area contributed by atoms with Gasteiger partial charge in [-0.2, -0.15) is 0 Å². The second-order valence-corrected chi connectivity index (χ2v) is 9.59. The van der Waals surface area contributed by atoms with E-state index in [1.54, 1.807) is 0 Å². The van der Waals surface area contributed by atoms with Crippen molar-refractivity contribution in [1.29, 1.82) is 0 Å². The maximum Gasteiger partial charge on any atom is 0.0679 e. The van der Waals surface area contributed by atoms with Gasteiger partial charge in [0.1, 0.15) is 0 Å². The molecule has 0 radical (unpaired) electrons. The minimum atomic E-state index is -1.22. The van der Waals surface area contributed by atoms with Crippen LogP contribution in [0.1, 0.15) is 25.7 Å². The molecule has 0 spiro atoms. The van der Waals surface area contributed by atoms with Gasteiger partial charge in [-0.05, 0) is 23.7 Å². The predicted molar refractivity (Wildman–Crippen MR) is 73.0 cm³/mol. The van der Waals surface area contributed by atoms with Crippen LogP contribution < -0.4 is 0 Å². The van der Waals surface area contributed by atoms with Crippen LogP contribution in [0.25, 0.3) is 0 Å². The second kappa shape index (κ2) is 6.11. The molecule has 0 heterocycles. The van der Waals surface area contributed by atoms with Crippen molar-refractivity contribution in [1.82, 2.24) is 0 Å². The zero-order valence-electron chi connectivity index (χ0n) is 9.88. The first-order valence-corrected chi connectivity index (χ1v) is 8.81. The van der Waals surface area contributed by atoms with E-state index in [-0.39, 0.29) is 0 Å². The highest BCUT2D eigenvalue weighted by Gasteiger charge is 2.38. The van der Waals surface area contributed by atoms with Crippen LogP contribution in [0.3, 0.4) is 0 Å². The summed E-state index contributed by atoms with van der Waals surface area (Å²) in [4.78, 5) is 0. The highest BCUT2D eigenvalue weighted by molar-refractivity contribution is 6.82. The maximum atomic E-state index is 3.95. The Morgan fingerprint density at radius 3 is 1.60 bits per heavy atom. The quantitative estimate of drug-likeness (QED) is 0.421. The number of hydrogen-bond acceptors (Lipinski definition) is 0. The van der Waals surface area contributed by atoms with Gasteiger partial charge in [-0.15, -0.1) is 19.7 Å². The van der Waals surface area contributed by atoms with E-state index < -0.39 is 8.07 Å². The van der Waals surface area contributed by atoms with E-state index in [0.29, 0.717) is 0 Å². The number of rotatable bonds is 7. The summed E-state index contributed by atoms with van der Waals surface area (Å²) in [5, 5.41) is 0. The average molecular weight is 220 g/mol. The lowest BCUT2D eigenvalue weighted by atomic mass is 10.4. The van der Waals surface area contributed by atoms with Crippen molar-refractivity contribution in [3.05, 3.63) is 38.0 Å². The third kappa shape index (κ3) is 2.94. The maximum absolute atomic E-state index is 3.95. The van der Waals surface area contributed by atoms with Crippen LogP contribution in [0.5, 0.6) is 0 Å². The van der Waals surface area contributed by atoms with Gasteiger partial charge in [0.25, 0.3) is 0 Å². The SMILES string of the molecule is C=CC[Si](CC=C)(CC=C)C1CCCC1. The van der Waals surface area contributed by atoms with Crippen LogP contribution in [0.4, 0.5) is 0 Å². The molecule has 0 nitrogen and oxygen atoms in total. The van der Waals surface area contributed by atoms with Gasteiger partial charge in [0.15, 0.2) is 0 Å². The second-order valence-electron chi connectivity index (χ2n) is 4.82. The Labute approximate surface area is 95.8 Å². The highest BCUT2D eigenvalue weighted by Crippen LogP contribution is 2.45. The molecule has 0 aromatic carbocycles. The monoisotopic (exact) mass is 220 g/mol. The molecule has 0 bridgehead atoms. The first kappa shape index (κ1) is 12.5. The van der Waals surface area contributed by atoms with Gasteiger partial charge in [-0.25, -0.2) is 0 Å². The van der Waals surface area contributed by atoms with Crippen LogP contribution in [0.15, 0.2) is 38.0 Å². The predicted octanol–water partition coefficient (Wildman–Crippen LogP) is 4.94. The molecule has 0 saturated heterocycles. The highest BCUT2D eigenvalue weighted by atomic mass is 28.3.